The van der Waals surface area contributed by atoms with Gasteiger partial charge in [0.05, 0.1) is 0 Å². The van der Waals surface area contributed by atoms with Gasteiger partial charge in [0.1, 0.15) is 17.1 Å². The molecule has 0 radical (unpaired) electrons. The summed E-state index contributed by atoms with van der Waals surface area (Å²) in [5.41, 5.74) is -0.920. The van der Waals surface area contributed by atoms with Gasteiger partial charge in [-0.1, -0.05) is 30.3 Å². The van der Waals surface area contributed by atoms with Gasteiger partial charge in [0.25, 0.3) is 5.92 Å². The smallest absolute Gasteiger partial charge is 0.407 e. The second kappa shape index (κ2) is 10.7. The monoisotopic (exact) mass is 515 g/mol. The zero-order valence-electron chi connectivity index (χ0n) is 21.7. The van der Waals surface area contributed by atoms with Crippen LogP contribution in [0.4, 0.5) is 13.6 Å². The quantitative estimate of drug-likeness (QED) is 0.530. The van der Waals surface area contributed by atoms with Crippen LogP contribution in [-0.4, -0.2) is 53.7 Å². The Bertz CT molecular complexity index is 1090. The lowest BCUT2D eigenvalue weighted by atomic mass is 9.94. The van der Waals surface area contributed by atoms with Gasteiger partial charge in [-0.25, -0.2) is 4.79 Å². The first kappa shape index (κ1) is 26.9. The molecule has 2 fully saturated rings. The second-order valence-corrected chi connectivity index (χ2v) is 10.7. The highest BCUT2D eigenvalue weighted by atomic mass is 19.3. The molecule has 2 aliphatic heterocycles. The van der Waals surface area contributed by atoms with Gasteiger partial charge in [-0.3, -0.25) is 4.79 Å². The lowest BCUT2D eigenvalue weighted by Gasteiger charge is -2.41. The Labute approximate surface area is 216 Å². The maximum atomic E-state index is 15.8. The Kier molecular flexibility index (Phi) is 7.73. The lowest BCUT2D eigenvalue weighted by Crippen LogP contribution is -2.60. The van der Waals surface area contributed by atoms with Crippen LogP contribution < -0.4 is 15.4 Å². The number of likely N-dealkylation sites (N-methyl/N-ethyl adjacent to an activating group) is 1. The number of nitrogens with one attached hydrogen (secondary N) is 2. The van der Waals surface area contributed by atoms with Crippen molar-refractivity contribution in [1.82, 2.24) is 15.5 Å². The van der Waals surface area contributed by atoms with E-state index in [1.807, 2.05) is 6.07 Å². The molecule has 200 valence electrons. The molecule has 37 heavy (non-hydrogen) atoms. The summed E-state index contributed by atoms with van der Waals surface area (Å²) in [5.74, 6) is -3.32. The van der Waals surface area contributed by atoms with Crippen molar-refractivity contribution in [1.29, 1.82) is 0 Å². The number of hydrogen-bond donors (Lipinski definition) is 2. The number of ether oxygens (including phenoxy) is 2. The highest BCUT2D eigenvalue weighted by Gasteiger charge is 2.52. The summed E-state index contributed by atoms with van der Waals surface area (Å²) < 4.78 is 42.7. The zero-order valence-corrected chi connectivity index (χ0v) is 21.7. The van der Waals surface area contributed by atoms with E-state index < -0.39 is 29.6 Å². The molecule has 2 bridgehead atoms. The summed E-state index contributed by atoms with van der Waals surface area (Å²) >= 11 is 0. The maximum Gasteiger partial charge on any atom is 0.407 e. The van der Waals surface area contributed by atoms with Crippen LogP contribution >= 0.6 is 0 Å². The molecule has 7 nitrogen and oxygen atoms in total. The van der Waals surface area contributed by atoms with Crippen molar-refractivity contribution < 1.29 is 27.8 Å². The highest BCUT2D eigenvalue weighted by Crippen LogP contribution is 2.40. The second-order valence-electron chi connectivity index (χ2n) is 10.7. The van der Waals surface area contributed by atoms with Gasteiger partial charge in [-0.05, 0) is 77.8 Å². The van der Waals surface area contributed by atoms with Crippen LogP contribution in [0.2, 0.25) is 0 Å². The van der Waals surface area contributed by atoms with Crippen molar-refractivity contribution in [3.05, 3.63) is 60.2 Å². The summed E-state index contributed by atoms with van der Waals surface area (Å²) in [7, 11) is 1.37. The molecule has 2 aliphatic rings. The molecule has 0 spiro atoms. The molecule has 2 aromatic carbocycles. The first-order chi connectivity index (χ1) is 17.5. The van der Waals surface area contributed by atoms with Crippen molar-refractivity contribution in [2.75, 3.05) is 7.05 Å². The van der Waals surface area contributed by atoms with E-state index in [2.05, 4.69) is 10.6 Å². The van der Waals surface area contributed by atoms with Gasteiger partial charge >= 0.3 is 6.09 Å². The molecule has 2 heterocycles. The fraction of sp³-hybridized carbons (Fsp3) is 0.500. The molecule has 4 rings (SSSR count). The van der Waals surface area contributed by atoms with E-state index >= 15 is 8.78 Å². The summed E-state index contributed by atoms with van der Waals surface area (Å²) in [4.78, 5) is 27.4. The Morgan fingerprint density at radius 1 is 0.973 bits per heavy atom. The minimum Gasteiger partial charge on any atom is -0.457 e. The topological polar surface area (TPSA) is 79.9 Å². The molecule has 3 unspecified atom stereocenters. The summed E-state index contributed by atoms with van der Waals surface area (Å²) in [5, 5.41) is 5.46. The molecule has 2 aromatic rings. The van der Waals surface area contributed by atoms with Gasteiger partial charge < -0.3 is 25.0 Å². The molecule has 3 atom stereocenters. The van der Waals surface area contributed by atoms with Crippen LogP contribution in [0.5, 0.6) is 11.5 Å². The number of fused-ring (bicyclic) bond motifs is 2. The number of para-hydroxylation sites is 1. The molecule has 0 aliphatic carbocycles. The predicted octanol–water partition coefficient (Wildman–Crippen LogP) is 5.21. The number of carbonyl (C=O) groups is 2. The molecule has 2 amide bonds. The largest absolute Gasteiger partial charge is 0.457 e. The number of piperidine rings is 1. The van der Waals surface area contributed by atoms with Gasteiger partial charge in [-0.15, -0.1) is 0 Å². The average Bonchev–Trinajstić information content (AvgIpc) is 3.09. The maximum absolute atomic E-state index is 15.8. The molecular weight excluding hydrogens is 480 g/mol. The highest BCUT2D eigenvalue weighted by molar-refractivity contribution is 5.84. The van der Waals surface area contributed by atoms with E-state index in [1.165, 1.54) is 25.2 Å². The summed E-state index contributed by atoms with van der Waals surface area (Å²) in [6.45, 7) is 5.37. The number of alkyl halides is 2. The van der Waals surface area contributed by atoms with Crippen molar-refractivity contribution >= 4 is 12.0 Å². The third kappa shape index (κ3) is 6.21. The fourth-order valence-electron chi connectivity index (χ4n) is 5.30. The number of rotatable bonds is 7. The normalized spacial score (nSPS) is 22.3. The Morgan fingerprint density at radius 2 is 1.59 bits per heavy atom. The van der Waals surface area contributed by atoms with Crippen LogP contribution in [-0.2, 0) is 15.5 Å². The third-order valence-corrected chi connectivity index (χ3v) is 6.80. The van der Waals surface area contributed by atoms with Gasteiger partial charge in [0.15, 0.2) is 6.04 Å². The molecule has 9 heteroatoms. The standard InChI is InChI=1S/C28H35F2N3O4/c1-27(2,3)37-26(35)32-19-16-20-13-14-21(17-19)33(20)25(34)24(31-4)28(29,30)18-9-8-12-23(15-18)36-22-10-6-5-7-11-22/h5-12,15,19-21,24,31H,13-14,16-17H2,1-4H3,(H,32,35). The van der Waals surface area contributed by atoms with E-state index in [0.717, 1.165) is 0 Å². The van der Waals surface area contributed by atoms with Crippen molar-refractivity contribution in [2.45, 2.75) is 82.1 Å². The molecule has 0 saturated carbocycles. The number of halogens is 2. The number of amides is 2. The van der Waals surface area contributed by atoms with E-state index in [0.29, 0.717) is 31.4 Å². The number of alkyl carbamates (subject to hydrolysis) is 1. The summed E-state index contributed by atoms with van der Waals surface area (Å²) in [6.07, 6.45) is 1.93. The van der Waals surface area contributed by atoms with Crippen LogP contribution in [0.25, 0.3) is 0 Å². The van der Waals surface area contributed by atoms with E-state index in [9.17, 15) is 9.59 Å². The van der Waals surface area contributed by atoms with Gasteiger partial charge in [0, 0.05) is 23.7 Å². The number of carbonyl (C=O) groups excluding carboxylic acids is 2. The van der Waals surface area contributed by atoms with Crippen LogP contribution in [0, 0.1) is 0 Å². The van der Waals surface area contributed by atoms with Crippen LogP contribution in [0.15, 0.2) is 54.6 Å². The van der Waals surface area contributed by atoms with E-state index in [-0.39, 0.29) is 29.4 Å². The van der Waals surface area contributed by atoms with Crippen LogP contribution in [0.3, 0.4) is 0 Å². The average molecular weight is 516 g/mol. The zero-order chi connectivity index (χ0) is 26.8. The van der Waals surface area contributed by atoms with Crippen molar-refractivity contribution in [3.63, 3.8) is 0 Å². The minimum absolute atomic E-state index is 0.170. The third-order valence-electron chi connectivity index (χ3n) is 6.80. The lowest BCUT2D eigenvalue weighted by molar-refractivity contribution is -0.150. The Morgan fingerprint density at radius 3 is 2.19 bits per heavy atom. The first-order valence-electron chi connectivity index (χ1n) is 12.7. The number of benzene rings is 2. The SMILES string of the molecule is CNC(C(=O)N1C2CCC1CC(NC(=O)OC(C)(C)C)C2)C(F)(F)c1cccc(Oc2ccccc2)c1. The molecule has 2 saturated heterocycles. The summed E-state index contributed by atoms with van der Waals surface area (Å²) in [6, 6.07) is 12.2. The first-order valence-corrected chi connectivity index (χ1v) is 12.7. The van der Waals surface area contributed by atoms with E-state index in [4.69, 9.17) is 9.47 Å². The predicted molar refractivity (Wildman–Crippen MR) is 136 cm³/mol. The number of hydrogen-bond acceptors (Lipinski definition) is 5. The molecular formula is C28H35F2N3O4. The van der Waals surface area contributed by atoms with Crippen molar-refractivity contribution in [2.24, 2.45) is 0 Å². The number of nitrogens with zero attached hydrogens (tertiary/aromatic N) is 1. The van der Waals surface area contributed by atoms with Crippen LogP contribution in [0.1, 0.15) is 52.0 Å². The Hall–Kier alpha value is -3.20. The minimum atomic E-state index is -3.48. The van der Waals surface area contributed by atoms with Gasteiger partial charge in [0.2, 0.25) is 5.91 Å². The van der Waals surface area contributed by atoms with E-state index in [1.54, 1.807) is 56.0 Å². The molecule has 2 N–H and O–H groups in total. The molecule has 0 aromatic heterocycles. The Balaban J connectivity index is 1.46. The van der Waals surface area contributed by atoms with Gasteiger partial charge in [-0.2, -0.15) is 8.78 Å². The fourth-order valence-corrected chi connectivity index (χ4v) is 5.30. The van der Waals surface area contributed by atoms with Crippen molar-refractivity contribution in [3.8, 4) is 11.5 Å².